The summed E-state index contributed by atoms with van der Waals surface area (Å²) in [5.74, 6) is -0.926. The lowest BCUT2D eigenvalue weighted by Crippen LogP contribution is -2.54. The van der Waals surface area contributed by atoms with E-state index in [4.69, 9.17) is 5.26 Å². The Hall–Kier alpha value is -1.57. The van der Waals surface area contributed by atoms with Crippen LogP contribution >= 0.6 is 0 Å². The Bertz CT molecular complexity index is 282. The minimum absolute atomic E-state index is 0.283. The Balaban J connectivity index is 2.56. The van der Waals surface area contributed by atoms with Gasteiger partial charge in [0, 0.05) is 26.2 Å². The Morgan fingerprint density at radius 1 is 1.29 bits per heavy atom. The van der Waals surface area contributed by atoms with Crippen LogP contribution in [0.2, 0.25) is 0 Å². The summed E-state index contributed by atoms with van der Waals surface area (Å²) in [7, 11) is 0. The van der Waals surface area contributed by atoms with E-state index in [0.29, 0.717) is 26.2 Å². The van der Waals surface area contributed by atoms with Gasteiger partial charge in [-0.15, -0.1) is 0 Å². The van der Waals surface area contributed by atoms with Crippen LogP contribution in [0.15, 0.2) is 0 Å². The number of rotatable bonds is 3. The lowest BCUT2D eigenvalue weighted by Gasteiger charge is -2.32. The maximum Gasteiger partial charge on any atom is 0.312 e. The first-order valence-corrected chi connectivity index (χ1v) is 4.65. The largest absolute Gasteiger partial charge is 0.333 e. The summed E-state index contributed by atoms with van der Waals surface area (Å²) < 4.78 is 0. The fraction of sp³-hybridized carbons (Fsp3) is 0.667. The van der Waals surface area contributed by atoms with Gasteiger partial charge in [-0.1, -0.05) is 0 Å². The van der Waals surface area contributed by atoms with Crippen molar-refractivity contribution in [1.29, 1.82) is 5.26 Å². The molecule has 0 unspecified atom stereocenters. The van der Waals surface area contributed by atoms with Gasteiger partial charge in [0.05, 0.1) is 12.5 Å². The predicted octanol–water partition coefficient (Wildman–Crippen LogP) is -0.409. The molecule has 0 spiro atoms. The summed E-state index contributed by atoms with van der Waals surface area (Å²) >= 11 is 0. The topological polar surface area (TPSA) is 64.4 Å². The standard InChI is InChI=1S/C9H13N3O2/c1-2-11-6-7-12(5-3-4-10)9(14)8(11)13/h2-3,5-7H2,1H3. The van der Waals surface area contributed by atoms with Crippen LogP contribution in [0.1, 0.15) is 13.3 Å². The van der Waals surface area contributed by atoms with Crippen LogP contribution in [0.25, 0.3) is 0 Å². The molecule has 0 aromatic heterocycles. The quantitative estimate of drug-likeness (QED) is 0.575. The van der Waals surface area contributed by atoms with Crippen molar-refractivity contribution in [3.63, 3.8) is 0 Å². The van der Waals surface area contributed by atoms with Crippen molar-refractivity contribution in [3.8, 4) is 6.07 Å². The third kappa shape index (κ3) is 2.02. The van der Waals surface area contributed by atoms with Crippen molar-refractivity contribution in [2.45, 2.75) is 13.3 Å². The zero-order chi connectivity index (χ0) is 10.6. The summed E-state index contributed by atoms with van der Waals surface area (Å²) in [6.45, 7) is 3.89. The molecule has 0 aliphatic carbocycles. The second kappa shape index (κ2) is 4.61. The van der Waals surface area contributed by atoms with E-state index in [2.05, 4.69) is 0 Å². The van der Waals surface area contributed by atoms with Gasteiger partial charge in [0.25, 0.3) is 0 Å². The molecule has 1 heterocycles. The van der Waals surface area contributed by atoms with E-state index in [1.54, 1.807) is 0 Å². The van der Waals surface area contributed by atoms with Crippen LogP contribution in [0.5, 0.6) is 0 Å². The molecule has 0 N–H and O–H groups in total. The van der Waals surface area contributed by atoms with Gasteiger partial charge in [-0.25, -0.2) is 0 Å². The highest BCUT2D eigenvalue weighted by Crippen LogP contribution is 2.04. The normalized spacial score (nSPS) is 17.1. The SMILES string of the molecule is CCN1CCN(CCC#N)C(=O)C1=O. The lowest BCUT2D eigenvalue weighted by atomic mass is 10.2. The molecule has 1 aliphatic rings. The number of hydrogen-bond donors (Lipinski definition) is 0. The Morgan fingerprint density at radius 2 is 1.86 bits per heavy atom. The van der Waals surface area contributed by atoms with E-state index < -0.39 is 11.8 Å². The van der Waals surface area contributed by atoms with E-state index in [1.807, 2.05) is 13.0 Å². The molecule has 5 heteroatoms. The number of carbonyl (C=O) groups excluding carboxylic acids is 2. The van der Waals surface area contributed by atoms with Gasteiger partial charge in [-0.05, 0) is 6.92 Å². The number of hydrogen-bond acceptors (Lipinski definition) is 3. The van der Waals surface area contributed by atoms with Crippen LogP contribution < -0.4 is 0 Å². The highest BCUT2D eigenvalue weighted by atomic mass is 16.2. The molecule has 0 atom stereocenters. The van der Waals surface area contributed by atoms with E-state index in [0.717, 1.165) is 0 Å². The molecule has 2 amide bonds. The summed E-state index contributed by atoms with van der Waals surface area (Å²) in [6.07, 6.45) is 0.283. The van der Waals surface area contributed by atoms with E-state index in [-0.39, 0.29) is 6.42 Å². The third-order valence-electron chi connectivity index (χ3n) is 2.27. The minimum atomic E-state index is -0.478. The van der Waals surface area contributed by atoms with Gasteiger partial charge in [0.2, 0.25) is 0 Å². The van der Waals surface area contributed by atoms with Gasteiger partial charge >= 0.3 is 11.8 Å². The molecular weight excluding hydrogens is 182 g/mol. The molecule has 0 saturated carbocycles. The van der Waals surface area contributed by atoms with Crippen molar-refractivity contribution in [2.24, 2.45) is 0 Å². The van der Waals surface area contributed by atoms with Gasteiger partial charge in [0.15, 0.2) is 0 Å². The summed E-state index contributed by atoms with van der Waals surface area (Å²) in [6, 6.07) is 1.96. The second-order valence-electron chi connectivity index (χ2n) is 3.09. The number of amides is 2. The molecule has 5 nitrogen and oxygen atoms in total. The Labute approximate surface area is 82.9 Å². The zero-order valence-corrected chi connectivity index (χ0v) is 8.19. The van der Waals surface area contributed by atoms with Crippen molar-refractivity contribution in [2.75, 3.05) is 26.2 Å². The predicted molar refractivity (Wildman–Crippen MR) is 49.1 cm³/mol. The third-order valence-corrected chi connectivity index (χ3v) is 2.27. The van der Waals surface area contributed by atoms with Gasteiger partial charge in [-0.2, -0.15) is 5.26 Å². The van der Waals surface area contributed by atoms with Crippen LogP contribution in [-0.2, 0) is 9.59 Å². The number of nitriles is 1. The number of likely N-dealkylation sites (N-methyl/N-ethyl adjacent to an activating group) is 1. The molecule has 1 fully saturated rings. The highest BCUT2D eigenvalue weighted by molar-refractivity contribution is 6.35. The van der Waals surface area contributed by atoms with Crippen LogP contribution in [0, 0.1) is 11.3 Å². The first kappa shape index (κ1) is 10.5. The molecule has 1 saturated heterocycles. The van der Waals surface area contributed by atoms with Crippen LogP contribution in [0.3, 0.4) is 0 Å². The highest BCUT2D eigenvalue weighted by Gasteiger charge is 2.30. The first-order chi connectivity index (χ1) is 6.70. The van der Waals surface area contributed by atoms with E-state index in [1.165, 1.54) is 9.80 Å². The summed E-state index contributed by atoms with van der Waals surface area (Å²) in [4.78, 5) is 25.8. The lowest BCUT2D eigenvalue weighted by molar-refractivity contribution is -0.155. The van der Waals surface area contributed by atoms with Crippen molar-refractivity contribution < 1.29 is 9.59 Å². The average Bonchev–Trinajstić information content (AvgIpc) is 2.20. The second-order valence-corrected chi connectivity index (χ2v) is 3.09. The van der Waals surface area contributed by atoms with Gasteiger partial charge in [0.1, 0.15) is 0 Å². The molecule has 0 bridgehead atoms. The average molecular weight is 195 g/mol. The molecular formula is C9H13N3O2. The van der Waals surface area contributed by atoms with Gasteiger partial charge in [-0.3, -0.25) is 9.59 Å². The zero-order valence-electron chi connectivity index (χ0n) is 8.19. The fourth-order valence-electron chi connectivity index (χ4n) is 1.42. The first-order valence-electron chi connectivity index (χ1n) is 4.65. The van der Waals surface area contributed by atoms with Crippen molar-refractivity contribution in [1.82, 2.24) is 9.80 Å². The maximum absolute atomic E-state index is 11.4. The van der Waals surface area contributed by atoms with Crippen LogP contribution in [0.4, 0.5) is 0 Å². The summed E-state index contributed by atoms with van der Waals surface area (Å²) in [5.41, 5.74) is 0. The fourth-order valence-corrected chi connectivity index (χ4v) is 1.42. The van der Waals surface area contributed by atoms with E-state index in [9.17, 15) is 9.59 Å². The van der Waals surface area contributed by atoms with Crippen LogP contribution in [-0.4, -0.2) is 47.8 Å². The molecule has 14 heavy (non-hydrogen) atoms. The van der Waals surface area contributed by atoms with Gasteiger partial charge < -0.3 is 9.80 Å². The smallest absolute Gasteiger partial charge is 0.312 e. The maximum atomic E-state index is 11.4. The Kier molecular flexibility index (Phi) is 3.46. The molecule has 1 rings (SSSR count). The minimum Gasteiger partial charge on any atom is -0.333 e. The van der Waals surface area contributed by atoms with Crippen molar-refractivity contribution in [3.05, 3.63) is 0 Å². The molecule has 76 valence electrons. The Morgan fingerprint density at radius 3 is 2.43 bits per heavy atom. The number of carbonyl (C=O) groups is 2. The molecule has 0 aromatic carbocycles. The number of nitrogens with zero attached hydrogens (tertiary/aromatic N) is 3. The molecule has 0 radical (unpaired) electrons. The summed E-state index contributed by atoms with van der Waals surface area (Å²) in [5, 5.41) is 8.36. The monoisotopic (exact) mass is 195 g/mol. The van der Waals surface area contributed by atoms with Crippen molar-refractivity contribution >= 4 is 11.8 Å². The molecule has 1 aliphatic heterocycles. The number of piperazine rings is 1. The van der Waals surface area contributed by atoms with E-state index >= 15 is 0 Å². The molecule has 0 aromatic rings.